The Morgan fingerprint density at radius 2 is 2.14 bits per heavy atom. The number of hydrogen-bond acceptors (Lipinski definition) is 2. The van der Waals surface area contributed by atoms with Crippen molar-refractivity contribution in [2.75, 3.05) is 14.1 Å². The maximum absolute atomic E-state index is 3.46. The van der Waals surface area contributed by atoms with Crippen molar-refractivity contribution in [1.29, 1.82) is 0 Å². The molecule has 0 bridgehead atoms. The Morgan fingerprint density at radius 3 is 2.86 bits per heavy atom. The molecule has 0 spiro atoms. The standard InChI is InChI=1S/C12H18N2/c1-9-4-5-10-6-7-12(11(10)8-9)13-14(2)3/h4-5,8,12-13H,6-7H2,1-3H3. The minimum Gasteiger partial charge on any atom is -0.250 e. The average Bonchev–Trinajstić information content (AvgIpc) is 2.47. The molecule has 2 nitrogen and oxygen atoms in total. The topological polar surface area (TPSA) is 15.3 Å². The molecule has 1 N–H and O–H groups in total. The molecular formula is C12H18N2. The van der Waals surface area contributed by atoms with Gasteiger partial charge in [0, 0.05) is 20.1 Å². The molecule has 1 aromatic rings. The Kier molecular flexibility index (Phi) is 2.57. The molecule has 0 saturated carbocycles. The lowest BCUT2D eigenvalue weighted by Gasteiger charge is -2.19. The molecule has 1 atom stereocenters. The van der Waals surface area contributed by atoms with Gasteiger partial charge < -0.3 is 0 Å². The van der Waals surface area contributed by atoms with Gasteiger partial charge in [-0.05, 0) is 30.9 Å². The number of aryl methyl sites for hydroxylation is 2. The van der Waals surface area contributed by atoms with Crippen LogP contribution < -0.4 is 5.43 Å². The van der Waals surface area contributed by atoms with Crippen LogP contribution in [-0.4, -0.2) is 19.1 Å². The zero-order chi connectivity index (χ0) is 10.1. The van der Waals surface area contributed by atoms with Crippen LogP contribution in [0.5, 0.6) is 0 Å². The molecule has 0 aliphatic heterocycles. The van der Waals surface area contributed by atoms with Crippen molar-refractivity contribution in [2.45, 2.75) is 25.8 Å². The predicted molar refractivity (Wildman–Crippen MR) is 59.1 cm³/mol. The molecule has 14 heavy (non-hydrogen) atoms. The zero-order valence-corrected chi connectivity index (χ0v) is 9.17. The molecule has 0 amide bonds. The highest BCUT2D eigenvalue weighted by molar-refractivity contribution is 5.37. The number of nitrogens with zero attached hydrogens (tertiary/aromatic N) is 1. The monoisotopic (exact) mass is 190 g/mol. The van der Waals surface area contributed by atoms with E-state index in [0.717, 1.165) is 0 Å². The summed E-state index contributed by atoms with van der Waals surface area (Å²) >= 11 is 0. The summed E-state index contributed by atoms with van der Waals surface area (Å²) in [4.78, 5) is 0. The number of hydrazine groups is 1. The SMILES string of the molecule is Cc1ccc2c(c1)C(NN(C)C)CC2. The van der Waals surface area contributed by atoms with Crippen molar-refractivity contribution in [3.63, 3.8) is 0 Å². The molecule has 0 fully saturated rings. The largest absolute Gasteiger partial charge is 0.250 e. The third-order valence-corrected chi connectivity index (χ3v) is 2.79. The summed E-state index contributed by atoms with van der Waals surface area (Å²) in [5.41, 5.74) is 7.81. The van der Waals surface area contributed by atoms with Crippen molar-refractivity contribution < 1.29 is 0 Å². The van der Waals surface area contributed by atoms with Gasteiger partial charge in [-0.1, -0.05) is 23.8 Å². The van der Waals surface area contributed by atoms with Crippen LogP contribution in [0.3, 0.4) is 0 Å². The van der Waals surface area contributed by atoms with Crippen molar-refractivity contribution in [3.8, 4) is 0 Å². The smallest absolute Gasteiger partial charge is 0.0470 e. The summed E-state index contributed by atoms with van der Waals surface area (Å²) in [6.45, 7) is 2.16. The second-order valence-electron chi connectivity index (χ2n) is 4.32. The van der Waals surface area contributed by atoms with E-state index in [-0.39, 0.29) is 0 Å². The number of nitrogens with one attached hydrogen (secondary N) is 1. The van der Waals surface area contributed by atoms with E-state index in [0.29, 0.717) is 6.04 Å². The van der Waals surface area contributed by atoms with Gasteiger partial charge in [-0.25, -0.2) is 5.43 Å². The first-order chi connectivity index (χ1) is 6.66. The summed E-state index contributed by atoms with van der Waals surface area (Å²) in [6.07, 6.45) is 2.43. The van der Waals surface area contributed by atoms with Crippen LogP contribution in [0.1, 0.15) is 29.2 Å². The summed E-state index contributed by atoms with van der Waals surface area (Å²) in [5.74, 6) is 0. The van der Waals surface area contributed by atoms with Crippen molar-refractivity contribution >= 4 is 0 Å². The quantitative estimate of drug-likeness (QED) is 0.718. The first-order valence-electron chi connectivity index (χ1n) is 5.20. The number of hydrogen-bond donors (Lipinski definition) is 1. The minimum atomic E-state index is 0.514. The van der Waals surface area contributed by atoms with E-state index in [4.69, 9.17) is 0 Å². The Balaban J connectivity index is 2.24. The average molecular weight is 190 g/mol. The molecule has 1 aliphatic rings. The molecule has 1 unspecified atom stereocenters. The highest BCUT2D eigenvalue weighted by Crippen LogP contribution is 2.31. The Bertz CT molecular complexity index is 331. The normalized spacial score (nSPS) is 20.1. The van der Waals surface area contributed by atoms with Gasteiger partial charge in [0.05, 0.1) is 0 Å². The fourth-order valence-electron chi connectivity index (χ4n) is 2.17. The Labute approximate surface area is 85.9 Å². The van der Waals surface area contributed by atoms with E-state index in [9.17, 15) is 0 Å². The predicted octanol–water partition coefficient (Wildman–Crippen LogP) is 2.05. The molecule has 1 aromatic carbocycles. The molecule has 76 valence electrons. The van der Waals surface area contributed by atoms with E-state index >= 15 is 0 Å². The molecule has 2 rings (SSSR count). The maximum atomic E-state index is 3.46. The number of fused-ring (bicyclic) bond motifs is 1. The Morgan fingerprint density at radius 1 is 1.36 bits per heavy atom. The molecule has 0 heterocycles. The van der Waals surface area contributed by atoms with Crippen LogP contribution in [-0.2, 0) is 6.42 Å². The van der Waals surface area contributed by atoms with Gasteiger partial charge >= 0.3 is 0 Å². The van der Waals surface area contributed by atoms with Crippen LogP contribution >= 0.6 is 0 Å². The number of benzene rings is 1. The lowest BCUT2D eigenvalue weighted by Crippen LogP contribution is -2.33. The van der Waals surface area contributed by atoms with Crippen molar-refractivity contribution in [1.82, 2.24) is 10.4 Å². The van der Waals surface area contributed by atoms with Crippen LogP contribution in [0, 0.1) is 6.92 Å². The second kappa shape index (κ2) is 3.71. The van der Waals surface area contributed by atoms with Gasteiger partial charge in [-0.3, -0.25) is 5.01 Å². The third kappa shape index (κ3) is 1.81. The fourth-order valence-corrected chi connectivity index (χ4v) is 2.17. The van der Waals surface area contributed by atoms with E-state index in [1.807, 2.05) is 19.1 Å². The van der Waals surface area contributed by atoms with E-state index in [1.165, 1.54) is 29.5 Å². The highest BCUT2D eigenvalue weighted by atomic mass is 15.5. The van der Waals surface area contributed by atoms with Crippen molar-refractivity contribution in [3.05, 3.63) is 34.9 Å². The summed E-state index contributed by atoms with van der Waals surface area (Å²) in [7, 11) is 4.10. The minimum absolute atomic E-state index is 0.514. The first kappa shape index (κ1) is 9.69. The maximum Gasteiger partial charge on any atom is 0.0470 e. The molecule has 1 aliphatic carbocycles. The van der Waals surface area contributed by atoms with Gasteiger partial charge in [0.15, 0.2) is 0 Å². The van der Waals surface area contributed by atoms with E-state index < -0.39 is 0 Å². The van der Waals surface area contributed by atoms with Crippen LogP contribution in [0.15, 0.2) is 18.2 Å². The fraction of sp³-hybridized carbons (Fsp3) is 0.500. The van der Waals surface area contributed by atoms with Crippen molar-refractivity contribution in [2.24, 2.45) is 0 Å². The van der Waals surface area contributed by atoms with Gasteiger partial charge in [-0.15, -0.1) is 0 Å². The Hall–Kier alpha value is -0.860. The van der Waals surface area contributed by atoms with Crippen LogP contribution in [0.25, 0.3) is 0 Å². The first-order valence-corrected chi connectivity index (χ1v) is 5.20. The molecule has 2 heteroatoms. The molecule has 0 aromatic heterocycles. The van der Waals surface area contributed by atoms with Gasteiger partial charge in [-0.2, -0.15) is 0 Å². The zero-order valence-electron chi connectivity index (χ0n) is 9.17. The van der Waals surface area contributed by atoms with Gasteiger partial charge in [0.2, 0.25) is 0 Å². The third-order valence-electron chi connectivity index (χ3n) is 2.79. The highest BCUT2D eigenvalue weighted by Gasteiger charge is 2.22. The van der Waals surface area contributed by atoms with Crippen LogP contribution in [0.2, 0.25) is 0 Å². The summed E-state index contributed by atoms with van der Waals surface area (Å²) in [6, 6.07) is 7.29. The van der Waals surface area contributed by atoms with Crippen LogP contribution in [0.4, 0.5) is 0 Å². The van der Waals surface area contributed by atoms with E-state index in [1.54, 1.807) is 0 Å². The van der Waals surface area contributed by atoms with Gasteiger partial charge in [0.25, 0.3) is 0 Å². The lowest BCUT2D eigenvalue weighted by atomic mass is 10.1. The summed E-state index contributed by atoms with van der Waals surface area (Å²) < 4.78 is 0. The molecule has 0 radical (unpaired) electrons. The number of rotatable bonds is 2. The van der Waals surface area contributed by atoms with Gasteiger partial charge in [0.1, 0.15) is 0 Å². The lowest BCUT2D eigenvalue weighted by molar-refractivity contribution is 0.242. The summed E-state index contributed by atoms with van der Waals surface area (Å²) in [5, 5.41) is 2.04. The molecular weight excluding hydrogens is 172 g/mol. The van der Waals surface area contributed by atoms with E-state index in [2.05, 4.69) is 30.5 Å². The second-order valence-corrected chi connectivity index (χ2v) is 4.32. The molecule has 0 saturated heterocycles.